The van der Waals surface area contributed by atoms with Crippen LogP contribution in [0.1, 0.15) is 112 Å². The summed E-state index contributed by atoms with van der Waals surface area (Å²) in [7, 11) is 0. The number of halogens is 1. The summed E-state index contributed by atoms with van der Waals surface area (Å²) < 4.78 is 31.1. The molecule has 5 nitrogen and oxygen atoms in total. The molecule has 0 bridgehead atoms. The molecule has 3 rings (SSSR count). The molecule has 0 fully saturated rings. The minimum Gasteiger partial charge on any atom is -0.491 e. The third-order valence-corrected chi connectivity index (χ3v) is 7.21. The Morgan fingerprint density at radius 3 is 1.88 bits per heavy atom. The lowest BCUT2D eigenvalue weighted by atomic mass is 10.0. The molecule has 6 heteroatoms. The maximum atomic E-state index is 14.6. The van der Waals surface area contributed by atoms with E-state index in [4.69, 9.17) is 14.2 Å². The molecule has 3 aromatic rings. The molecule has 0 aliphatic heterocycles. The highest BCUT2D eigenvalue weighted by Crippen LogP contribution is 2.25. The van der Waals surface area contributed by atoms with Crippen LogP contribution in [0.15, 0.2) is 66.7 Å². The highest BCUT2D eigenvalue weighted by Gasteiger charge is 2.14. The summed E-state index contributed by atoms with van der Waals surface area (Å²) in [6.07, 6.45) is 12.3. The van der Waals surface area contributed by atoms with Crippen LogP contribution in [0.2, 0.25) is 0 Å². The molecule has 1 atom stereocenters. The van der Waals surface area contributed by atoms with Crippen LogP contribution in [-0.4, -0.2) is 24.6 Å². The summed E-state index contributed by atoms with van der Waals surface area (Å²) >= 11 is 0. The van der Waals surface area contributed by atoms with Gasteiger partial charge in [-0.25, -0.2) is 14.0 Å². The van der Waals surface area contributed by atoms with Crippen LogP contribution in [0.4, 0.5) is 4.39 Å². The molecule has 0 heterocycles. The lowest BCUT2D eigenvalue weighted by Gasteiger charge is -2.13. The van der Waals surface area contributed by atoms with Crippen molar-refractivity contribution in [1.82, 2.24) is 0 Å². The predicted octanol–water partition coefficient (Wildman–Crippen LogP) is 9.97. The molecule has 1 unspecified atom stereocenters. The molecule has 226 valence electrons. The van der Waals surface area contributed by atoms with Gasteiger partial charge in [0.2, 0.25) is 0 Å². The molecule has 0 N–H and O–H groups in total. The Morgan fingerprint density at radius 2 is 1.26 bits per heavy atom. The van der Waals surface area contributed by atoms with E-state index in [2.05, 4.69) is 13.8 Å². The van der Waals surface area contributed by atoms with Crippen LogP contribution in [0.5, 0.6) is 11.5 Å². The van der Waals surface area contributed by atoms with E-state index in [0.29, 0.717) is 17.9 Å². The van der Waals surface area contributed by atoms with Crippen LogP contribution in [0.25, 0.3) is 11.1 Å². The molecule has 0 spiro atoms. The molecule has 0 aromatic heterocycles. The first kappa shape index (κ1) is 32.8. The van der Waals surface area contributed by atoms with Gasteiger partial charge in [-0.1, -0.05) is 95.9 Å². The fraction of sp³-hybridized carbons (Fsp3) is 0.444. The Kier molecular flexibility index (Phi) is 14.1. The number of carbonyl (C=O) groups is 2. The van der Waals surface area contributed by atoms with Crippen molar-refractivity contribution in [3.63, 3.8) is 0 Å². The number of benzene rings is 3. The molecule has 0 radical (unpaired) electrons. The molecular formula is C36H45FO5. The first-order valence-corrected chi connectivity index (χ1v) is 15.5. The Bertz CT molecular complexity index is 1240. The van der Waals surface area contributed by atoms with E-state index in [1.807, 2.05) is 31.2 Å². The summed E-state index contributed by atoms with van der Waals surface area (Å²) in [5.74, 6) is -1.06. The van der Waals surface area contributed by atoms with Crippen molar-refractivity contribution in [1.29, 1.82) is 0 Å². The van der Waals surface area contributed by atoms with Crippen molar-refractivity contribution in [3.8, 4) is 22.6 Å². The van der Waals surface area contributed by atoms with E-state index in [1.54, 1.807) is 24.3 Å². The Labute approximate surface area is 250 Å². The summed E-state index contributed by atoms with van der Waals surface area (Å²) in [6, 6.07) is 18.4. The number of carbonyl (C=O) groups excluding carboxylic acids is 2. The van der Waals surface area contributed by atoms with E-state index < -0.39 is 11.8 Å². The number of hydrogen-bond donors (Lipinski definition) is 0. The third-order valence-electron chi connectivity index (χ3n) is 7.21. The summed E-state index contributed by atoms with van der Waals surface area (Å²) in [4.78, 5) is 25.0. The normalized spacial score (nSPS) is 11.6. The lowest BCUT2D eigenvalue weighted by Crippen LogP contribution is -2.14. The molecule has 0 saturated heterocycles. The Balaban J connectivity index is 1.46. The molecule has 0 amide bonds. The monoisotopic (exact) mass is 576 g/mol. The Morgan fingerprint density at radius 1 is 0.690 bits per heavy atom. The first-order valence-electron chi connectivity index (χ1n) is 15.5. The van der Waals surface area contributed by atoms with Crippen molar-refractivity contribution in [2.24, 2.45) is 0 Å². The van der Waals surface area contributed by atoms with Crippen LogP contribution < -0.4 is 9.47 Å². The zero-order valence-corrected chi connectivity index (χ0v) is 25.3. The smallest absolute Gasteiger partial charge is 0.343 e. The second-order valence-corrected chi connectivity index (χ2v) is 10.8. The molecule has 0 aliphatic carbocycles. The van der Waals surface area contributed by atoms with Gasteiger partial charge in [0.05, 0.1) is 23.8 Å². The topological polar surface area (TPSA) is 61.8 Å². The SMILES string of the molecule is CCCCCCCCCCOc1ccc(C(=O)Oc2ccc(-c3ccc(C(=O)OC(C)CCCC)cc3)cc2)cc1F. The van der Waals surface area contributed by atoms with Crippen LogP contribution in [0.3, 0.4) is 0 Å². The molecule has 0 aliphatic rings. The van der Waals surface area contributed by atoms with Gasteiger partial charge < -0.3 is 14.2 Å². The van der Waals surface area contributed by atoms with Crippen molar-refractivity contribution in [2.45, 2.75) is 97.5 Å². The predicted molar refractivity (Wildman–Crippen MR) is 166 cm³/mol. The van der Waals surface area contributed by atoms with Crippen molar-refractivity contribution in [3.05, 3.63) is 83.7 Å². The number of unbranched alkanes of at least 4 members (excludes halogenated alkanes) is 8. The molecule has 42 heavy (non-hydrogen) atoms. The average molecular weight is 577 g/mol. The van der Waals surface area contributed by atoms with Gasteiger partial charge in [-0.2, -0.15) is 0 Å². The van der Waals surface area contributed by atoms with Crippen LogP contribution >= 0.6 is 0 Å². The van der Waals surface area contributed by atoms with E-state index in [9.17, 15) is 14.0 Å². The summed E-state index contributed by atoms with van der Waals surface area (Å²) in [6.45, 7) is 6.69. The first-order chi connectivity index (χ1) is 20.4. The molecule has 0 saturated carbocycles. The van der Waals surface area contributed by atoms with Crippen molar-refractivity contribution in [2.75, 3.05) is 6.61 Å². The van der Waals surface area contributed by atoms with Gasteiger partial charge in [0.15, 0.2) is 11.6 Å². The third kappa shape index (κ3) is 11.0. The average Bonchev–Trinajstić information content (AvgIpc) is 3.00. The van der Waals surface area contributed by atoms with Crippen LogP contribution in [0, 0.1) is 5.82 Å². The second kappa shape index (κ2) is 18.0. The summed E-state index contributed by atoms with van der Waals surface area (Å²) in [5, 5.41) is 0. The zero-order valence-electron chi connectivity index (χ0n) is 25.3. The van der Waals surface area contributed by atoms with Crippen molar-refractivity contribution >= 4 is 11.9 Å². The number of ether oxygens (including phenoxy) is 3. The highest BCUT2D eigenvalue weighted by molar-refractivity contribution is 5.91. The minimum absolute atomic E-state index is 0.111. The van der Waals surface area contributed by atoms with Gasteiger partial charge in [-0.05, 0) is 73.4 Å². The second-order valence-electron chi connectivity index (χ2n) is 10.8. The molecular weight excluding hydrogens is 531 g/mol. The van der Waals surface area contributed by atoms with Gasteiger partial charge in [0.1, 0.15) is 5.75 Å². The van der Waals surface area contributed by atoms with Gasteiger partial charge >= 0.3 is 11.9 Å². The Hall–Kier alpha value is -3.67. The van der Waals surface area contributed by atoms with Gasteiger partial charge in [0.25, 0.3) is 0 Å². The standard InChI is InChI=1S/C36H45FO5/c1-4-6-8-9-10-11-12-13-25-40-34-24-21-31(26-33(34)37)36(39)42-32-22-19-29(20-23-32)28-15-17-30(18-16-28)35(38)41-27(3)14-7-5-2/h15-24,26-27H,4-14,25H2,1-3H3. The van der Waals surface area contributed by atoms with Crippen molar-refractivity contribution < 1.29 is 28.2 Å². The number of hydrogen-bond acceptors (Lipinski definition) is 5. The molecule has 3 aromatic carbocycles. The fourth-order valence-corrected chi connectivity index (χ4v) is 4.64. The summed E-state index contributed by atoms with van der Waals surface area (Å²) in [5.41, 5.74) is 2.43. The van der Waals surface area contributed by atoms with E-state index >= 15 is 0 Å². The minimum atomic E-state index is -0.646. The van der Waals surface area contributed by atoms with E-state index in [-0.39, 0.29) is 23.4 Å². The number of esters is 2. The maximum absolute atomic E-state index is 14.6. The zero-order chi connectivity index (χ0) is 30.2. The number of rotatable bonds is 18. The van der Waals surface area contributed by atoms with Gasteiger partial charge in [-0.15, -0.1) is 0 Å². The van der Waals surface area contributed by atoms with Gasteiger partial charge in [-0.3, -0.25) is 0 Å². The van der Waals surface area contributed by atoms with E-state index in [0.717, 1.165) is 49.3 Å². The van der Waals surface area contributed by atoms with Crippen LogP contribution in [-0.2, 0) is 4.74 Å². The largest absolute Gasteiger partial charge is 0.491 e. The van der Waals surface area contributed by atoms with E-state index in [1.165, 1.54) is 50.7 Å². The highest BCUT2D eigenvalue weighted by atomic mass is 19.1. The maximum Gasteiger partial charge on any atom is 0.343 e. The van der Waals surface area contributed by atoms with Gasteiger partial charge in [0, 0.05) is 0 Å². The fourth-order valence-electron chi connectivity index (χ4n) is 4.64. The quantitative estimate of drug-likeness (QED) is 0.0857. The lowest BCUT2D eigenvalue weighted by molar-refractivity contribution is 0.0320.